The fourth-order valence-corrected chi connectivity index (χ4v) is 4.14. The molecule has 1 aromatic heterocycles. The number of nitrogens with one attached hydrogen (secondary N) is 1. The van der Waals surface area contributed by atoms with Crippen molar-refractivity contribution >= 4 is 16.5 Å². The molecule has 1 unspecified atom stereocenters. The van der Waals surface area contributed by atoms with Gasteiger partial charge < -0.3 is 30.5 Å². The van der Waals surface area contributed by atoms with Crippen LogP contribution in [0.4, 0.5) is 0 Å². The van der Waals surface area contributed by atoms with E-state index in [4.69, 9.17) is 0 Å². The van der Waals surface area contributed by atoms with Crippen LogP contribution in [0.1, 0.15) is 35.1 Å². The fourth-order valence-electron chi connectivity index (χ4n) is 4.14. The molecule has 0 aliphatic rings. The Morgan fingerprint density at radius 2 is 1.52 bits per heavy atom. The van der Waals surface area contributed by atoms with Crippen LogP contribution in [0.25, 0.3) is 16.5 Å². The van der Waals surface area contributed by atoms with Gasteiger partial charge in [-0.2, -0.15) is 0 Å². The smallest absolute Gasteiger partial charge is 0.200 e. The predicted molar refractivity (Wildman–Crippen MR) is 120 cm³/mol. The maximum absolute atomic E-state index is 10.2. The summed E-state index contributed by atoms with van der Waals surface area (Å²) in [6, 6.07) is 13.0. The second-order valence-electron chi connectivity index (χ2n) is 7.56. The number of allylic oxidation sites excluding steroid dienone is 2. The zero-order chi connectivity index (χ0) is 22.3. The zero-order valence-corrected chi connectivity index (χ0v) is 17.1. The molecule has 4 rings (SSSR count). The van der Waals surface area contributed by atoms with E-state index < -0.39 is 23.2 Å². The first-order chi connectivity index (χ1) is 14.8. The molecule has 1 heterocycles. The first-order valence-electron chi connectivity index (χ1n) is 9.81. The first-order valence-corrected chi connectivity index (χ1v) is 9.81. The number of aromatic hydroxyl groups is 5. The van der Waals surface area contributed by atoms with Gasteiger partial charge in [-0.1, -0.05) is 12.1 Å². The van der Waals surface area contributed by atoms with Gasteiger partial charge in [0.2, 0.25) is 0 Å². The van der Waals surface area contributed by atoms with Crippen molar-refractivity contribution in [1.29, 1.82) is 0 Å². The van der Waals surface area contributed by atoms with Gasteiger partial charge in [-0.15, -0.1) is 0 Å². The minimum absolute atomic E-state index is 0.137. The number of H-pyrrole nitrogens is 1. The average Bonchev–Trinajstić information content (AvgIpc) is 3.13. The number of aromatic nitrogens is 1. The number of benzene rings is 3. The summed E-state index contributed by atoms with van der Waals surface area (Å²) in [5, 5.41) is 50.8. The molecule has 0 saturated heterocycles. The van der Waals surface area contributed by atoms with Crippen molar-refractivity contribution in [3.8, 4) is 28.7 Å². The Kier molecular flexibility index (Phi) is 4.99. The SMILES string of the molecule is C/C=C(\c1ccc(O)cc1C)C(c1cc(O)c(O)c(O)c1)c1c[nH]c2cc(O)ccc12. The summed E-state index contributed by atoms with van der Waals surface area (Å²) >= 11 is 0. The lowest BCUT2D eigenvalue weighted by Crippen LogP contribution is -2.05. The summed E-state index contributed by atoms with van der Waals surface area (Å²) in [4.78, 5) is 3.17. The first kappa shape index (κ1) is 20.2. The number of aromatic amines is 1. The molecule has 0 fully saturated rings. The van der Waals surface area contributed by atoms with E-state index in [-0.39, 0.29) is 11.5 Å². The summed E-state index contributed by atoms with van der Waals surface area (Å²) in [5.74, 6) is -1.54. The van der Waals surface area contributed by atoms with Crippen LogP contribution in [0, 0.1) is 6.92 Å². The molecule has 0 aliphatic heterocycles. The van der Waals surface area contributed by atoms with Crippen molar-refractivity contribution in [2.24, 2.45) is 0 Å². The third-order valence-corrected chi connectivity index (χ3v) is 5.58. The fraction of sp³-hybridized carbons (Fsp3) is 0.120. The maximum Gasteiger partial charge on any atom is 0.200 e. The Bertz CT molecular complexity index is 1300. The van der Waals surface area contributed by atoms with E-state index in [2.05, 4.69) is 4.98 Å². The lowest BCUT2D eigenvalue weighted by atomic mass is 9.80. The Balaban J connectivity index is 2.01. The summed E-state index contributed by atoms with van der Waals surface area (Å²) in [7, 11) is 0. The molecule has 0 spiro atoms. The molecule has 6 N–H and O–H groups in total. The van der Waals surface area contributed by atoms with Gasteiger partial charge in [0.1, 0.15) is 11.5 Å². The van der Waals surface area contributed by atoms with Crippen LogP contribution in [0.3, 0.4) is 0 Å². The number of hydrogen-bond donors (Lipinski definition) is 6. The van der Waals surface area contributed by atoms with Crippen LogP contribution in [0.15, 0.2) is 60.8 Å². The number of phenolic OH excluding ortho intramolecular Hbond substituents is 5. The van der Waals surface area contributed by atoms with Crippen molar-refractivity contribution in [2.45, 2.75) is 19.8 Å². The van der Waals surface area contributed by atoms with Gasteiger partial charge in [0.15, 0.2) is 17.2 Å². The predicted octanol–water partition coefficient (Wildman–Crippen LogP) is 5.24. The van der Waals surface area contributed by atoms with E-state index in [9.17, 15) is 25.5 Å². The third kappa shape index (κ3) is 3.53. The lowest BCUT2D eigenvalue weighted by molar-refractivity contribution is 0.367. The molecule has 6 heteroatoms. The number of fused-ring (bicyclic) bond motifs is 1. The van der Waals surface area contributed by atoms with Crippen LogP contribution < -0.4 is 0 Å². The van der Waals surface area contributed by atoms with E-state index in [1.54, 1.807) is 30.3 Å². The van der Waals surface area contributed by atoms with Crippen molar-refractivity contribution in [2.75, 3.05) is 0 Å². The molecule has 0 aliphatic carbocycles. The average molecular weight is 417 g/mol. The van der Waals surface area contributed by atoms with E-state index >= 15 is 0 Å². The van der Waals surface area contributed by atoms with Crippen LogP contribution >= 0.6 is 0 Å². The Morgan fingerprint density at radius 3 is 2.16 bits per heavy atom. The molecule has 4 aromatic rings. The highest BCUT2D eigenvalue weighted by molar-refractivity contribution is 5.90. The second kappa shape index (κ2) is 7.65. The molecular weight excluding hydrogens is 394 g/mol. The van der Waals surface area contributed by atoms with Gasteiger partial charge in [-0.05, 0) is 78.1 Å². The Labute approximate surface area is 179 Å². The van der Waals surface area contributed by atoms with Gasteiger partial charge in [0.25, 0.3) is 0 Å². The number of hydrogen-bond acceptors (Lipinski definition) is 5. The normalized spacial score (nSPS) is 12.9. The zero-order valence-electron chi connectivity index (χ0n) is 17.1. The topological polar surface area (TPSA) is 117 Å². The van der Waals surface area contributed by atoms with Gasteiger partial charge in [0, 0.05) is 29.1 Å². The molecule has 6 nitrogen and oxygen atoms in total. The quantitative estimate of drug-likeness (QED) is 0.254. The molecule has 0 amide bonds. The summed E-state index contributed by atoms with van der Waals surface area (Å²) < 4.78 is 0. The third-order valence-electron chi connectivity index (χ3n) is 5.58. The van der Waals surface area contributed by atoms with E-state index in [0.29, 0.717) is 5.56 Å². The molecule has 0 bridgehead atoms. The van der Waals surface area contributed by atoms with Gasteiger partial charge in [-0.3, -0.25) is 0 Å². The molecule has 1 atom stereocenters. The minimum atomic E-state index is -0.575. The second-order valence-corrected chi connectivity index (χ2v) is 7.56. The molecule has 0 saturated carbocycles. The van der Waals surface area contributed by atoms with Gasteiger partial charge in [-0.25, -0.2) is 0 Å². The van der Waals surface area contributed by atoms with Crippen molar-refractivity contribution in [3.05, 3.63) is 83.1 Å². The van der Waals surface area contributed by atoms with Crippen LogP contribution in [-0.2, 0) is 0 Å². The highest BCUT2D eigenvalue weighted by Gasteiger charge is 2.26. The molecular formula is C25H23NO5. The Hall–Kier alpha value is -4.06. The molecule has 0 radical (unpaired) electrons. The number of aryl methyl sites for hydroxylation is 1. The maximum atomic E-state index is 10.2. The summed E-state index contributed by atoms with van der Waals surface area (Å²) in [5.41, 5.74) is 4.82. The summed E-state index contributed by atoms with van der Waals surface area (Å²) in [6.45, 7) is 3.80. The lowest BCUT2D eigenvalue weighted by Gasteiger charge is -2.23. The largest absolute Gasteiger partial charge is 0.508 e. The summed E-state index contributed by atoms with van der Waals surface area (Å²) in [6.07, 6.45) is 3.78. The molecule has 3 aromatic carbocycles. The van der Waals surface area contributed by atoms with Crippen LogP contribution in [-0.4, -0.2) is 30.5 Å². The standard InChI is InChI=1S/C25H23NO5/c1-3-17(18-6-4-15(27)8-13(18)2)24(14-9-22(29)25(31)23(30)10-14)20-12-26-21-11-16(28)5-7-19(20)21/h3-12,24,26-31H,1-2H3/b17-3+. The van der Waals surface area contributed by atoms with Crippen molar-refractivity contribution in [1.82, 2.24) is 4.98 Å². The van der Waals surface area contributed by atoms with Crippen molar-refractivity contribution < 1.29 is 25.5 Å². The van der Waals surface area contributed by atoms with E-state index in [1.807, 2.05) is 32.2 Å². The minimum Gasteiger partial charge on any atom is -0.508 e. The number of rotatable bonds is 4. The highest BCUT2D eigenvalue weighted by Crippen LogP contribution is 2.46. The van der Waals surface area contributed by atoms with Crippen LogP contribution in [0.2, 0.25) is 0 Å². The van der Waals surface area contributed by atoms with Crippen LogP contribution in [0.5, 0.6) is 28.7 Å². The van der Waals surface area contributed by atoms with Crippen molar-refractivity contribution in [3.63, 3.8) is 0 Å². The van der Waals surface area contributed by atoms with E-state index in [1.165, 1.54) is 12.1 Å². The van der Waals surface area contributed by atoms with Gasteiger partial charge >= 0.3 is 0 Å². The number of phenols is 5. The van der Waals surface area contributed by atoms with Gasteiger partial charge in [0.05, 0.1) is 0 Å². The highest BCUT2D eigenvalue weighted by atomic mass is 16.3. The van der Waals surface area contributed by atoms with E-state index in [0.717, 1.165) is 33.2 Å². The monoisotopic (exact) mass is 417 g/mol. The molecule has 158 valence electrons. The Morgan fingerprint density at radius 1 is 0.871 bits per heavy atom. The molecule has 31 heavy (non-hydrogen) atoms.